The number of hydrogen-bond acceptors (Lipinski definition) is 4. The van der Waals surface area contributed by atoms with Gasteiger partial charge in [-0.05, 0) is 24.5 Å². The number of furan rings is 1. The molecular weight excluding hydrogens is 270 g/mol. The summed E-state index contributed by atoms with van der Waals surface area (Å²) in [6.07, 6.45) is 3.76. The summed E-state index contributed by atoms with van der Waals surface area (Å²) in [4.78, 5) is 4.50. The maximum Gasteiger partial charge on any atom is 0.183 e. The summed E-state index contributed by atoms with van der Waals surface area (Å²) in [6, 6.07) is 13.6. The summed E-state index contributed by atoms with van der Waals surface area (Å²) in [5.74, 6) is 0. The van der Waals surface area contributed by atoms with Crippen LogP contribution in [0.15, 0.2) is 51.9 Å². The van der Waals surface area contributed by atoms with E-state index in [1.165, 1.54) is 11.8 Å². The molecular formula is C15H11N3OS. The third-order valence-corrected chi connectivity index (χ3v) is 3.54. The first kappa shape index (κ1) is 12.6. The van der Waals surface area contributed by atoms with Gasteiger partial charge >= 0.3 is 0 Å². The fraction of sp³-hybridized carbons (Fsp3) is 0.0667. The van der Waals surface area contributed by atoms with E-state index in [1.54, 1.807) is 0 Å². The number of benzene rings is 2. The number of nitriles is 1. The Hall–Kier alpha value is -2.45. The number of fused-ring (bicyclic) bond motifs is 3. The first-order chi connectivity index (χ1) is 9.83. The third kappa shape index (κ3) is 2.10. The van der Waals surface area contributed by atoms with Crippen molar-refractivity contribution in [1.82, 2.24) is 5.32 Å². The molecule has 0 unspecified atom stereocenters. The highest BCUT2D eigenvalue weighted by Crippen LogP contribution is 2.35. The van der Waals surface area contributed by atoms with E-state index in [4.69, 9.17) is 9.68 Å². The maximum atomic E-state index is 8.72. The van der Waals surface area contributed by atoms with Crippen molar-refractivity contribution in [3.8, 4) is 6.19 Å². The molecule has 0 saturated carbocycles. The van der Waals surface area contributed by atoms with Crippen molar-refractivity contribution in [1.29, 1.82) is 5.26 Å². The molecule has 0 radical (unpaired) electrons. The quantitative estimate of drug-likeness (QED) is 0.317. The van der Waals surface area contributed by atoms with Crippen molar-refractivity contribution in [3.63, 3.8) is 0 Å². The van der Waals surface area contributed by atoms with Crippen LogP contribution in [0.3, 0.4) is 0 Å². The Kier molecular flexibility index (Phi) is 3.32. The Morgan fingerprint density at radius 1 is 1.20 bits per heavy atom. The molecule has 20 heavy (non-hydrogen) atoms. The molecule has 1 aromatic heterocycles. The number of nitrogens with zero attached hydrogens (tertiary/aromatic N) is 2. The first-order valence-electron chi connectivity index (χ1n) is 6.01. The Morgan fingerprint density at radius 2 is 2.00 bits per heavy atom. The minimum absolute atomic E-state index is 0.560. The van der Waals surface area contributed by atoms with Crippen LogP contribution in [-0.2, 0) is 0 Å². The number of thioether (sulfide) groups is 1. The van der Waals surface area contributed by atoms with Crippen molar-refractivity contribution in [2.24, 2.45) is 4.99 Å². The molecule has 3 rings (SSSR count). The molecule has 5 heteroatoms. The minimum Gasteiger partial charge on any atom is -0.456 e. The van der Waals surface area contributed by atoms with Gasteiger partial charge in [-0.3, -0.25) is 5.32 Å². The first-order valence-corrected chi connectivity index (χ1v) is 7.24. The van der Waals surface area contributed by atoms with E-state index in [2.05, 4.69) is 10.3 Å². The number of amidine groups is 1. The van der Waals surface area contributed by atoms with Crippen LogP contribution in [0.2, 0.25) is 0 Å². The molecule has 3 aromatic rings. The highest BCUT2D eigenvalue weighted by Gasteiger charge is 2.10. The van der Waals surface area contributed by atoms with Gasteiger partial charge in [0.05, 0.1) is 11.1 Å². The molecule has 0 atom stereocenters. The molecule has 0 aliphatic carbocycles. The lowest BCUT2D eigenvalue weighted by molar-refractivity contribution is 0.669. The fourth-order valence-corrected chi connectivity index (χ4v) is 2.47. The molecule has 1 N–H and O–H groups in total. The standard InChI is InChI=1S/C15H11N3OS/c1-20-15(17-9-16)18-11-6-4-8-13-14(11)10-5-2-3-7-12(10)19-13/h2-8H,1H3,(H,17,18). The smallest absolute Gasteiger partial charge is 0.183 e. The molecule has 0 fully saturated rings. The van der Waals surface area contributed by atoms with Crippen LogP contribution >= 0.6 is 11.8 Å². The predicted octanol–water partition coefficient (Wildman–Crippen LogP) is 4.01. The molecule has 0 spiro atoms. The third-order valence-electron chi connectivity index (χ3n) is 2.96. The zero-order valence-corrected chi connectivity index (χ0v) is 11.6. The van der Waals surface area contributed by atoms with Crippen molar-refractivity contribution >= 4 is 44.6 Å². The van der Waals surface area contributed by atoms with Crippen LogP contribution in [0.4, 0.5) is 5.69 Å². The molecule has 2 aromatic carbocycles. The number of aliphatic imine (C=N–C) groups is 1. The average Bonchev–Trinajstić information content (AvgIpc) is 2.86. The van der Waals surface area contributed by atoms with Gasteiger partial charge in [-0.2, -0.15) is 5.26 Å². The van der Waals surface area contributed by atoms with Crippen molar-refractivity contribution in [3.05, 3.63) is 42.5 Å². The minimum atomic E-state index is 0.560. The van der Waals surface area contributed by atoms with Crippen molar-refractivity contribution < 1.29 is 4.42 Å². The SMILES string of the molecule is CSC(=Nc1cccc2oc3ccccc3c12)NC#N. The lowest BCUT2D eigenvalue weighted by Gasteiger charge is -2.01. The Bertz CT molecular complexity index is 845. The zero-order chi connectivity index (χ0) is 13.9. The fourth-order valence-electron chi connectivity index (χ4n) is 2.13. The van der Waals surface area contributed by atoms with Crippen molar-refractivity contribution in [2.45, 2.75) is 0 Å². The average molecular weight is 281 g/mol. The van der Waals surface area contributed by atoms with E-state index in [0.29, 0.717) is 5.17 Å². The lowest BCUT2D eigenvalue weighted by Crippen LogP contribution is -2.12. The second-order valence-electron chi connectivity index (χ2n) is 4.11. The van der Waals surface area contributed by atoms with Gasteiger partial charge in [-0.1, -0.05) is 36.0 Å². The summed E-state index contributed by atoms with van der Waals surface area (Å²) in [5.41, 5.74) is 2.42. The van der Waals surface area contributed by atoms with Gasteiger partial charge in [0.2, 0.25) is 0 Å². The van der Waals surface area contributed by atoms with E-state index in [0.717, 1.165) is 27.6 Å². The van der Waals surface area contributed by atoms with Crippen molar-refractivity contribution in [2.75, 3.05) is 6.26 Å². The monoisotopic (exact) mass is 281 g/mol. The molecule has 0 aliphatic heterocycles. The largest absolute Gasteiger partial charge is 0.456 e. The molecule has 0 bridgehead atoms. The number of nitrogens with one attached hydrogen (secondary N) is 1. The molecule has 4 nitrogen and oxygen atoms in total. The second kappa shape index (κ2) is 5.27. The topological polar surface area (TPSA) is 61.3 Å². The van der Waals surface area contributed by atoms with Gasteiger partial charge in [-0.25, -0.2) is 4.99 Å². The van der Waals surface area contributed by atoms with E-state index in [9.17, 15) is 0 Å². The highest BCUT2D eigenvalue weighted by atomic mass is 32.2. The molecule has 0 aliphatic rings. The van der Waals surface area contributed by atoms with Gasteiger partial charge in [-0.15, -0.1) is 0 Å². The Balaban J connectivity index is 2.28. The van der Waals surface area contributed by atoms with Gasteiger partial charge in [0.15, 0.2) is 11.4 Å². The Labute approximate surface area is 120 Å². The summed E-state index contributed by atoms with van der Waals surface area (Å²) in [7, 11) is 0. The highest BCUT2D eigenvalue weighted by molar-refractivity contribution is 8.13. The van der Waals surface area contributed by atoms with E-state index in [-0.39, 0.29) is 0 Å². The maximum absolute atomic E-state index is 8.72. The van der Waals surface area contributed by atoms with Crippen LogP contribution in [0.25, 0.3) is 21.9 Å². The van der Waals surface area contributed by atoms with Gasteiger partial charge < -0.3 is 4.42 Å². The van der Waals surface area contributed by atoms with Gasteiger partial charge in [0.25, 0.3) is 0 Å². The van der Waals surface area contributed by atoms with Crippen LogP contribution < -0.4 is 5.32 Å². The number of para-hydroxylation sites is 1. The lowest BCUT2D eigenvalue weighted by atomic mass is 10.1. The van der Waals surface area contributed by atoms with Gasteiger partial charge in [0.1, 0.15) is 11.2 Å². The van der Waals surface area contributed by atoms with Crippen LogP contribution in [0, 0.1) is 11.5 Å². The van der Waals surface area contributed by atoms with E-state index in [1.807, 2.05) is 54.9 Å². The summed E-state index contributed by atoms with van der Waals surface area (Å²) >= 11 is 1.39. The summed E-state index contributed by atoms with van der Waals surface area (Å²) < 4.78 is 5.81. The van der Waals surface area contributed by atoms with Crippen LogP contribution in [0.1, 0.15) is 0 Å². The van der Waals surface area contributed by atoms with Crippen LogP contribution in [-0.4, -0.2) is 11.4 Å². The zero-order valence-electron chi connectivity index (χ0n) is 10.8. The number of rotatable bonds is 1. The molecule has 98 valence electrons. The van der Waals surface area contributed by atoms with Gasteiger partial charge in [0, 0.05) is 5.39 Å². The predicted molar refractivity (Wildman–Crippen MR) is 83.1 cm³/mol. The molecule has 0 amide bonds. The normalized spacial score (nSPS) is 11.7. The van der Waals surface area contributed by atoms with Crippen LogP contribution in [0.5, 0.6) is 0 Å². The Morgan fingerprint density at radius 3 is 2.80 bits per heavy atom. The molecule has 1 heterocycles. The molecule has 0 saturated heterocycles. The second-order valence-corrected chi connectivity index (χ2v) is 4.90. The number of hydrogen-bond donors (Lipinski definition) is 1. The summed E-state index contributed by atoms with van der Waals surface area (Å²) in [5, 5.41) is 13.8. The van der Waals surface area contributed by atoms with E-state index < -0.39 is 0 Å². The summed E-state index contributed by atoms with van der Waals surface area (Å²) in [6.45, 7) is 0. The van der Waals surface area contributed by atoms with E-state index >= 15 is 0 Å².